The van der Waals surface area contributed by atoms with E-state index >= 15 is 0 Å². The lowest BCUT2D eigenvalue weighted by Crippen LogP contribution is -2.49. The molecule has 1 N–H and O–H groups in total. The second-order valence-corrected chi connectivity index (χ2v) is 5.14. The van der Waals surface area contributed by atoms with Gasteiger partial charge in [0.2, 0.25) is 5.91 Å². The molecule has 2 amide bonds. The molecule has 0 aromatic heterocycles. The molecule has 1 aromatic carbocycles. The highest BCUT2D eigenvalue weighted by atomic mass is 16.5. The van der Waals surface area contributed by atoms with Gasteiger partial charge in [-0.25, -0.2) is 4.79 Å². The first-order valence-electron chi connectivity index (χ1n) is 7.46. The van der Waals surface area contributed by atoms with Gasteiger partial charge in [0.25, 0.3) is 0 Å². The lowest BCUT2D eigenvalue weighted by atomic mass is 10.1. The molecule has 2 rings (SSSR count). The molecule has 0 radical (unpaired) electrons. The van der Waals surface area contributed by atoms with Crippen LogP contribution in [0.2, 0.25) is 0 Å². The number of ether oxygens (including phenoxy) is 1. The maximum atomic E-state index is 12.5. The Morgan fingerprint density at radius 2 is 1.90 bits per heavy atom. The van der Waals surface area contributed by atoms with Gasteiger partial charge in [0.05, 0.1) is 6.61 Å². The van der Waals surface area contributed by atoms with Gasteiger partial charge in [-0.1, -0.05) is 30.3 Å². The number of amides is 2. The summed E-state index contributed by atoms with van der Waals surface area (Å²) in [6.45, 7) is 3.58. The van der Waals surface area contributed by atoms with Gasteiger partial charge in [0.15, 0.2) is 0 Å². The third-order valence-electron chi connectivity index (χ3n) is 3.57. The molecule has 1 aliphatic rings. The van der Waals surface area contributed by atoms with E-state index < -0.39 is 12.1 Å². The van der Waals surface area contributed by atoms with Crippen LogP contribution in [0.15, 0.2) is 30.3 Å². The summed E-state index contributed by atoms with van der Waals surface area (Å²) in [7, 11) is 0. The minimum absolute atomic E-state index is 0.0237. The third kappa shape index (κ3) is 4.48. The van der Waals surface area contributed by atoms with Gasteiger partial charge < -0.3 is 15.0 Å². The number of carbonyl (C=O) groups is 2. The van der Waals surface area contributed by atoms with Crippen molar-refractivity contribution >= 4 is 12.0 Å². The maximum absolute atomic E-state index is 12.5. The van der Waals surface area contributed by atoms with Crippen molar-refractivity contribution in [3.05, 3.63) is 35.9 Å². The van der Waals surface area contributed by atoms with Crippen LogP contribution in [0.25, 0.3) is 0 Å². The second kappa shape index (κ2) is 7.67. The van der Waals surface area contributed by atoms with Crippen molar-refractivity contribution < 1.29 is 14.3 Å². The van der Waals surface area contributed by atoms with Crippen LogP contribution in [0.5, 0.6) is 0 Å². The number of likely N-dealkylation sites (tertiary alicyclic amines) is 1. The Hall–Kier alpha value is -2.04. The molecular formula is C16H22N2O3. The molecule has 1 fully saturated rings. The summed E-state index contributed by atoms with van der Waals surface area (Å²) in [5.41, 5.74) is 1.02. The summed E-state index contributed by atoms with van der Waals surface area (Å²) >= 11 is 0. The number of alkyl carbamates (subject to hydrolysis) is 1. The fraction of sp³-hybridized carbons (Fsp3) is 0.500. The Balaban J connectivity index is 2.05. The molecule has 114 valence electrons. The van der Waals surface area contributed by atoms with E-state index in [1.165, 1.54) is 0 Å². The normalized spacial score (nSPS) is 15.6. The molecule has 5 nitrogen and oxygen atoms in total. The highest BCUT2D eigenvalue weighted by molar-refractivity contribution is 5.86. The zero-order chi connectivity index (χ0) is 15.1. The number of hydrogen-bond donors (Lipinski definition) is 1. The van der Waals surface area contributed by atoms with Gasteiger partial charge in [-0.3, -0.25) is 4.79 Å². The number of nitrogens with one attached hydrogen (secondary N) is 1. The highest BCUT2D eigenvalue weighted by Crippen LogP contribution is 2.12. The minimum Gasteiger partial charge on any atom is -0.450 e. The first-order valence-corrected chi connectivity index (χ1v) is 7.46. The molecule has 1 aliphatic heterocycles. The Kier molecular flexibility index (Phi) is 5.60. The quantitative estimate of drug-likeness (QED) is 0.902. The zero-order valence-corrected chi connectivity index (χ0v) is 12.4. The van der Waals surface area contributed by atoms with Crippen LogP contribution in [-0.4, -0.2) is 42.6 Å². The SMILES string of the molecule is CCOC(=O)N[C@@H](Cc1ccccc1)C(=O)N1CCCC1. The van der Waals surface area contributed by atoms with Crippen LogP contribution in [0, 0.1) is 0 Å². The fourth-order valence-corrected chi connectivity index (χ4v) is 2.52. The first-order chi connectivity index (χ1) is 10.2. The molecule has 0 spiro atoms. The lowest BCUT2D eigenvalue weighted by Gasteiger charge is -2.23. The Bertz CT molecular complexity index is 470. The van der Waals surface area contributed by atoms with E-state index in [9.17, 15) is 9.59 Å². The van der Waals surface area contributed by atoms with Crippen molar-refractivity contribution in [1.29, 1.82) is 0 Å². The van der Waals surface area contributed by atoms with Gasteiger partial charge in [-0.15, -0.1) is 0 Å². The largest absolute Gasteiger partial charge is 0.450 e. The predicted molar refractivity (Wildman–Crippen MR) is 79.9 cm³/mol. The molecule has 1 heterocycles. The van der Waals surface area contributed by atoms with Gasteiger partial charge in [0, 0.05) is 19.5 Å². The van der Waals surface area contributed by atoms with Crippen LogP contribution in [-0.2, 0) is 16.0 Å². The van der Waals surface area contributed by atoms with E-state index in [4.69, 9.17) is 4.74 Å². The summed E-state index contributed by atoms with van der Waals surface area (Å²) < 4.78 is 4.90. The zero-order valence-electron chi connectivity index (χ0n) is 12.4. The molecule has 0 saturated carbocycles. The van der Waals surface area contributed by atoms with Crippen molar-refractivity contribution in [2.45, 2.75) is 32.2 Å². The molecule has 1 atom stereocenters. The highest BCUT2D eigenvalue weighted by Gasteiger charge is 2.28. The smallest absolute Gasteiger partial charge is 0.407 e. The van der Waals surface area contributed by atoms with E-state index in [1.807, 2.05) is 35.2 Å². The summed E-state index contributed by atoms with van der Waals surface area (Å²) in [5.74, 6) is -0.0237. The van der Waals surface area contributed by atoms with Crippen LogP contribution in [0.4, 0.5) is 4.79 Å². The molecule has 21 heavy (non-hydrogen) atoms. The Labute approximate surface area is 125 Å². The lowest BCUT2D eigenvalue weighted by molar-refractivity contribution is -0.132. The van der Waals surface area contributed by atoms with Crippen molar-refractivity contribution in [2.75, 3.05) is 19.7 Å². The van der Waals surface area contributed by atoms with Crippen molar-refractivity contribution in [3.63, 3.8) is 0 Å². The monoisotopic (exact) mass is 290 g/mol. The summed E-state index contributed by atoms with van der Waals surface area (Å²) in [6, 6.07) is 9.13. The summed E-state index contributed by atoms with van der Waals surface area (Å²) in [6.07, 6.45) is 2.01. The van der Waals surface area contributed by atoms with E-state index in [0.717, 1.165) is 31.5 Å². The van der Waals surface area contributed by atoms with Gasteiger partial charge >= 0.3 is 6.09 Å². The van der Waals surface area contributed by atoms with Crippen LogP contribution >= 0.6 is 0 Å². The number of benzene rings is 1. The van der Waals surface area contributed by atoms with Crippen molar-refractivity contribution in [1.82, 2.24) is 10.2 Å². The van der Waals surface area contributed by atoms with E-state index in [-0.39, 0.29) is 5.91 Å². The van der Waals surface area contributed by atoms with E-state index in [0.29, 0.717) is 13.0 Å². The maximum Gasteiger partial charge on any atom is 0.407 e. The van der Waals surface area contributed by atoms with Crippen LogP contribution in [0.3, 0.4) is 0 Å². The van der Waals surface area contributed by atoms with E-state index in [2.05, 4.69) is 5.32 Å². The molecule has 0 unspecified atom stereocenters. The van der Waals surface area contributed by atoms with Gasteiger partial charge in [0.1, 0.15) is 6.04 Å². The van der Waals surface area contributed by atoms with Crippen molar-refractivity contribution in [2.24, 2.45) is 0 Å². The first kappa shape index (κ1) is 15.4. The van der Waals surface area contributed by atoms with E-state index in [1.54, 1.807) is 6.92 Å². The van der Waals surface area contributed by atoms with Crippen LogP contribution in [0.1, 0.15) is 25.3 Å². The van der Waals surface area contributed by atoms with Gasteiger partial charge in [-0.2, -0.15) is 0 Å². The number of nitrogens with zero attached hydrogens (tertiary/aromatic N) is 1. The standard InChI is InChI=1S/C16H22N2O3/c1-2-21-16(20)17-14(12-13-8-4-3-5-9-13)15(19)18-10-6-7-11-18/h3-5,8-9,14H,2,6-7,10-12H2,1H3,(H,17,20)/t14-/m0/s1. The topological polar surface area (TPSA) is 58.6 Å². The third-order valence-corrected chi connectivity index (χ3v) is 3.57. The molecule has 1 saturated heterocycles. The predicted octanol–water partition coefficient (Wildman–Crippen LogP) is 1.97. The van der Waals surface area contributed by atoms with Crippen molar-refractivity contribution in [3.8, 4) is 0 Å². The average Bonchev–Trinajstić information content (AvgIpc) is 3.01. The average molecular weight is 290 g/mol. The fourth-order valence-electron chi connectivity index (χ4n) is 2.52. The molecule has 1 aromatic rings. The number of carbonyl (C=O) groups excluding carboxylic acids is 2. The van der Waals surface area contributed by atoms with Gasteiger partial charge in [-0.05, 0) is 25.3 Å². The summed E-state index contributed by atoms with van der Waals surface area (Å²) in [4.78, 5) is 26.0. The number of rotatable bonds is 5. The molecule has 0 aliphatic carbocycles. The Morgan fingerprint density at radius 1 is 1.24 bits per heavy atom. The Morgan fingerprint density at radius 3 is 2.52 bits per heavy atom. The molecule has 5 heteroatoms. The minimum atomic E-state index is -0.565. The summed E-state index contributed by atoms with van der Waals surface area (Å²) in [5, 5.41) is 2.69. The molecule has 0 bridgehead atoms. The number of hydrogen-bond acceptors (Lipinski definition) is 3. The van der Waals surface area contributed by atoms with Crippen LogP contribution < -0.4 is 5.32 Å². The second-order valence-electron chi connectivity index (χ2n) is 5.14. The molecular weight excluding hydrogens is 268 g/mol.